The monoisotopic (exact) mass is 240 g/mol. The highest BCUT2D eigenvalue weighted by molar-refractivity contribution is 7.84. The second-order valence-electron chi connectivity index (χ2n) is 3.48. The molecule has 0 radical (unpaired) electrons. The van der Waals surface area contributed by atoms with Gasteiger partial charge in [0.15, 0.2) is 0 Å². The number of nitrogens with two attached hydrogens (primary N) is 1. The van der Waals surface area contributed by atoms with Crippen LogP contribution in [0.3, 0.4) is 0 Å². The van der Waals surface area contributed by atoms with Crippen LogP contribution in [0.4, 0.5) is 0 Å². The average Bonchev–Trinajstić information content (AvgIpc) is 2.24. The van der Waals surface area contributed by atoms with Gasteiger partial charge in [-0.2, -0.15) is 0 Å². The summed E-state index contributed by atoms with van der Waals surface area (Å²) in [7, 11) is -0.792. The van der Waals surface area contributed by atoms with Crippen molar-refractivity contribution in [2.45, 2.75) is 6.54 Å². The molecule has 0 aliphatic rings. The van der Waals surface area contributed by atoms with Gasteiger partial charge in [-0.3, -0.25) is 9.00 Å². The number of primary amides is 1. The Morgan fingerprint density at radius 2 is 2.12 bits per heavy atom. The van der Waals surface area contributed by atoms with Gasteiger partial charge in [0.25, 0.3) is 0 Å². The molecular weight excluding hydrogens is 224 g/mol. The highest BCUT2D eigenvalue weighted by Gasteiger charge is 2.05. The van der Waals surface area contributed by atoms with Crippen molar-refractivity contribution in [3.63, 3.8) is 0 Å². The third-order valence-corrected chi connectivity index (χ3v) is 2.94. The molecule has 88 valence electrons. The lowest BCUT2D eigenvalue weighted by molar-refractivity contribution is 0.0999. The fraction of sp³-hybridized carbons (Fsp3) is 0.364. The van der Waals surface area contributed by atoms with Crippen LogP contribution in [0.2, 0.25) is 0 Å². The van der Waals surface area contributed by atoms with Crippen molar-refractivity contribution in [3.8, 4) is 0 Å². The Labute approximate surface area is 97.7 Å². The summed E-state index contributed by atoms with van der Waals surface area (Å²) in [6.45, 7) is 1.23. The Balaban J connectivity index is 2.53. The molecule has 0 saturated heterocycles. The van der Waals surface area contributed by atoms with E-state index in [1.54, 1.807) is 18.4 Å². The molecule has 16 heavy (non-hydrogen) atoms. The maximum absolute atomic E-state index is 11.1. The zero-order valence-corrected chi connectivity index (χ0v) is 10.0. The van der Waals surface area contributed by atoms with Crippen molar-refractivity contribution in [3.05, 3.63) is 35.4 Å². The number of hydrogen-bond donors (Lipinski definition) is 2. The van der Waals surface area contributed by atoms with E-state index in [-0.39, 0.29) is 0 Å². The van der Waals surface area contributed by atoms with Crippen LogP contribution in [0.25, 0.3) is 0 Å². The zero-order chi connectivity index (χ0) is 12.0. The van der Waals surface area contributed by atoms with Gasteiger partial charge in [0.1, 0.15) is 0 Å². The van der Waals surface area contributed by atoms with Crippen LogP contribution >= 0.6 is 0 Å². The van der Waals surface area contributed by atoms with Crippen LogP contribution in [0.1, 0.15) is 15.9 Å². The first kappa shape index (κ1) is 12.9. The van der Waals surface area contributed by atoms with Crippen LogP contribution in [-0.2, 0) is 17.3 Å². The van der Waals surface area contributed by atoms with Crippen LogP contribution < -0.4 is 11.1 Å². The molecule has 0 aliphatic heterocycles. The van der Waals surface area contributed by atoms with Crippen molar-refractivity contribution in [1.82, 2.24) is 5.32 Å². The van der Waals surface area contributed by atoms with Gasteiger partial charge in [-0.25, -0.2) is 0 Å². The molecule has 0 fully saturated rings. The SMILES string of the molecule is CS(=O)CCNCc1ccccc1C(N)=O. The van der Waals surface area contributed by atoms with Crippen LogP contribution in [0.5, 0.6) is 0 Å². The Morgan fingerprint density at radius 1 is 1.44 bits per heavy atom. The Morgan fingerprint density at radius 3 is 2.75 bits per heavy atom. The van der Waals surface area contributed by atoms with E-state index >= 15 is 0 Å². The summed E-state index contributed by atoms with van der Waals surface area (Å²) in [6, 6.07) is 7.21. The van der Waals surface area contributed by atoms with Crippen molar-refractivity contribution in [1.29, 1.82) is 0 Å². The number of hydrogen-bond acceptors (Lipinski definition) is 3. The number of carbonyl (C=O) groups excluding carboxylic acids is 1. The van der Waals surface area contributed by atoms with Crippen molar-refractivity contribution in [2.24, 2.45) is 5.73 Å². The molecule has 0 spiro atoms. The van der Waals surface area contributed by atoms with E-state index in [4.69, 9.17) is 5.73 Å². The predicted molar refractivity (Wildman–Crippen MR) is 65.6 cm³/mol. The van der Waals surface area contributed by atoms with Gasteiger partial charge in [0.2, 0.25) is 5.91 Å². The van der Waals surface area contributed by atoms with Gasteiger partial charge >= 0.3 is 0 Å². The molecule has 1 amide bonds. The fourth-order valence-corrected chi connectivity index (χ4v) is 1.79. The van der Waals surface area contributed by atoms with E-state index in [9.17, 15) is 9.00 Å². The Bertz CT molecular complexity index is 393. The molecule has 0 aromatic heterocycles. The normalized spacial score (nSPS) is 12.3. The lowest BCUT2D eigenvalue weighted by atomic mass is 10.1. The number of carbonyl (C=O) groups is 1. The largest absolute Gasteiger partial charge is 0.366 e. The Kier molecular flexibility index (Phi) is 5.14. The maximum Gasteiger partial charge on any atom is 0.249 e. The predicted octanol–water partition coefficient (Wildman–Crippen LogP) is 0.254. The molecular formula is C11H16N2O2S. The highest BCUT2D eigenvalue weighted by Crippen LogP contribution is 2.07. The second-order valence-corrected chi connectivity index (χ2v) is 5.03. The minimum absolute atomic E-state index is 0.420. The average molecular weight is 240 g/mol. The third kappa shape index (κ3) is 4.12. The molecule has 1 aromatic rings. The van der Waals surface area contributed by atoms with Gasteiger partial charge in [-0.05, 0) is 11.6 Å². The number of benzene rings is 1. The molecule has 1 atom stereocenters. The van der Waals surface area contributed by atoms with Gasteiger partial charge in [0, 0.05) is 41.5 Å². The summed E-state index contributed by atoms with van der Waals surface area (Å²) < 4.78 is 10.8. The quantitative estimate of drug-likeness (QED) is 0.700. The number of rotatable bonds is 6. The van der Waals surface area contributed by atoms with E-state index < -0.39 is 16.7 Å². The topological polar surface area (TPSA) is 72.2 Å². The Hall–Kier alpha value is -1.20. The lowest BCUT2D eigenvalue weighted by Gasteiger charge is -2.07. The molecule has 1 unspecified atom stereocenters. The maximum atomic E-state index is 11.1. The van der Waals surface area contributed by atoms with Crippen molar-refractivity contribution in [2.75, 3.05) is 18.6 Å². The first-order valence-corrected chi connectivity index (χ1v) is 6.72. The summed E-state index contributed by atoms with van der Waals surface area (Å²) >= 11 is 0. The van der Waals surface area contributed by atoms with Gasteiger partial charge in [-0.15, -0.1) is 0 Å². The smallest absolute Gasteiger partial charge is 0.249 e. The summed E-state index contributed by atoms with van der Waals surface area (Å²) in [5.74, 6) is 0.190. The summed E-state index contributed by atoms with van der Waals surface area (Å²) in [5.41, 5.74) is 6.66. The molecule has 1 aromatic carbocycles. The number of amides is 1. The van der Waals surface area contributed by atoms with Gasteiger partial charge < -0.3 is 11.1 Å². The van der Waals surface area contributed by atoms with Crippen LogP contribution in [0, 0.1) is 0 Å². The molecule has 4 nitrogen and oxygen atoms in total. The standard InChI is InChI=1S/C11H16N2O2S/c1-16(15)7-6-13-8-9-4-2-3-5-10(9)11(12)14/h2-5,13H,6-8H2,1H3,(H2,12,14). The molecule has 3 N–H and O–H groups in total. The first-order valence-electron chi connectivity index (χ1n) is 4.99. The minimum atomic E-state index is -0.792. The molecule has 0 heterocycles. The van der Waals surface area contributed by atoms with Crippen LogP contribution in [0.15, 0.2) is 24.3 Å². The van der Waals surface area contributed by atoms with E-state index in [0.717, 1.165) is 5.56 Å². The van der Waals surface area contributed by atoms with Gasteiger partial charge in [0.05, 0.1) is 0 Å². The molecule has 5 heteroatoms. The summed E-state index contributed by atoms with van der Waals surface area (Å²) in [4.78, 5) is 11.1. The lowest BCUT2D eigenvalue weighted by Crippen LogP contribution is -2.22. The van der Waals surface area contributed by atoms with Crippen molar-refractivity contribution < 1.29 is 9.00 Å². The zero-order valence-electron chi connectivity index (χ0n) is 9.23. The van der Waals surface area contributed by atoms with Crippen molar-refractivity contribution >= 4 is 16.7 Å². The summed E-state index contributed by atoms with van der Waals surface area (Å²) in [5, 5.41) is 3.13. The van der Waals surface area contributed by atoms with Crippen LogP contribution in [-0.4, -0.2) is 28.7 Å². The van der Waals surface area contributed by atoms with E-state index in [1.807, 2.05) is 12.1 Å². The molecule has 0 saturated carbocycles. The minimum Gasteiger partial charge on any atom is -0.366 e. The van der Waals surface area contributed by atoms with E-state index in [0.29, 0.717) is 24.4 Å². The van der Waals surface area contributed by atoms with E-state index in [2.05, 4.69) is 5.32 Å². The van der Waals surface area contributed by atoms with Gasteiger partial charge in [-0.1, -0.05) is 18.2 Å². The second kappa shape index (κ2) is 6.40. The molecule has 1 rings (SSSR count). The van der Waals surface area contributed by atoms with E-state index in [1.165, 1.54) is 0 Å². The molecule has 0 aliphatic carbocycles. The highest BCUT2D eigenvalue weighted by atomic mass is 32.2. The first-order chi connectivity index (χ1) is 7.61. The third-order valence-electron chi connectivity index (χ3n) is 2.16. The molecule has 0 bridgehead atoms. The number of nitrogens with one attached hydrogen (secondary N) is 1. The fourth-order valence-electron chi connectivity index (χ4n) is 1.35. The summed E-state index contributed by atoms with van der Waals surface area (Å²) in [6.07, 6.45) is 1.67.